The van der Waals surface area contributed by atoms with Gasteiger partial charge < -0.3 is 10.2 Å². The molecule has 0 aliphatic carbocycles. The van der Waals surface area contributed by atoms with Crippen molar-refractivity contribution in [1.82, 2.24) is 10.2 Å². The summed E-state index contributed by atoms with van der Waals surface area (Å²) < 4.78 is 1.12. The van der Waals surface area contributed by atoms with Crippen molar-refractivity contribution in [2.75, 3.05) is 27.2 Å². The predicted molar refractivity (Wildman–Crippen MR) is 74.8 cm³/mol. The van der Waals surface area contributed by atoms with Gasteiger partial charge in [-0.1, -0.05) is 6.07 Å². The molecule has 0 spiro atoms. The molecule has 0 heterocycles. The summed E-state index contributed by atoms with van der Waals surface area (Å²) >= 11 is 2.24. The molecule has 0 aliphatic heterocycles. The zero-order chi connectivity index (χ0) is 12.1. The minimum atomic E-state index is -0.000217. The van der Waals surface area contributed by atoms with Crippen LogP contribution in [0.2, 0.25) is 0 Å². The predicted octanol–water partition coefficient (Wildman–Crippen LogP) is 1.89. The van der Waals surface area contributed by atoms with Gasteiger partial charge in [0, 0.05) is 22.2 Å². The topological polar surface area (TPSA) is 32.3 Å². The SMILES string of the molecule is Cc1ccc(C(=O)NCCN(C)C)cc1I. The quantitative estimate of drug-likeness (QED) is 0.854. The van der Waals surface area contributed by atoms with Gasteiger partial charge in [-0.15, -0.1) is 0 Å². The Kier molecular flexibility index (Phi) is 5.21. The molecular weight excluding hydrogens is 315 g/mol. The van der Waals surface area contributed by atoms with Crippen LogP contribution in [0.3, 0.4) is 0 Å². The van der Waals surface area contributed by atoms with E-state index in [4.69, 9.17) is 0 Å². The molecule has 1 rings (SSSR count). The summed E-state index contributed by atoms with van der Waals surface area (Å²) in [5.41, 5.74) is 1.93. The van der Waals surface area contributed by atoms with Crippen molar-refractivity contribution in [3.8, 4) is 0 Å². The highest BCUT2D eigenvalue weighted by molar-refractivity contribution is 14.1. The number of hydrogen-bond acceptors (Lipinski definition) is 2. The van der Waals surface area contributed by atoms with Crippen molar-refractivity contribution in [2.45, 2.75) is 6.92 Å². The number of amides is 1. The molecule has 0 saturated carbocycles. The lowest BCUT2D eigenvalue weighted by Gasteiger charge is -2.10. The van der Waals surface area contributed by atoms with Gasteiger partial charge in [-0.2, -0.15) is 0 Å². The number of hydrogen-bond donors (Lipinski definition) is 1. The summed E-state index contributed by atoms with van der Waals surface area (Å²) in [7, 11) is 3.97. The summed E-state index contributed by atoms with van der Waals surface area (Å²) in [5, 5.41) is 2.89. The summed E-state index contributed by atoms with van der Waals surface area (Å²) in [6.45, 7) is 3.57. The molecule has 0 bridgehead atoms. The van der Waals surface area contributed by atoms with Crippen molar-refractivity contribution >= 4 is 28.5 Å². The van der Waals surface area contributed by atoms with E-state index in [-0.39, 0.29) is 5.91 Å². The molecule has 0 fully saturated rings. The van der Waals surface area contributed by atoms with Crippen molar-refractivity contribution in [3.05, 3.63) is 32.9 Å². The number of carbonyl (C=O) groups is 1. The monoisotopic (exact) mass is 332 g/mol. The fraction of sp³-hybridized carbons (Fsp3) is 0.417. The number of benzene rings is 1. The lowest BCUT2D eigenvalue weighted by atomic mass is 10.1. The minimum Gasteiger partial charge on any atom is -0.351 e. The van der Waals surface area contributed by atoms with Gasteiger partial charge in [0.05, 0.1) is 0 Å². The van der Waals surface area contributed by atoms with Crippen LogP contribution in [-0.4, -0.2) is 38.0 Å². The Labute approximate surface area is 110 Å². The fourth-order valence-electron chi connectivity index (χ4n) is 1.23. The van der Waals surface area contributed by atoms with E-state index < -0.39 is 0 Å². The lowest BCUT2D eigenvalue weighted by molar-refractivity contribution is 0.0951. The first-order valence-electron chi connectivity index (χ1n) is 5.20. The Morgan fingerprint density at radius 1 is 1.44 bits per heavy atom. The van der Waals surface area contributed by atoms with E-state index in [9.17, 15) is 4.79 Å². The van der Waals surface area contributed by atoms with Crippen LogP contribution in [0, 0.1) is 10.5 Å². The molecule has 1 aromatic carbocycles. The van der Waals surface area contributed by atoms with Crippen LogP contribution < -0.4 is 5.32 Å². The summed E-state index contributed by atoms with van der Waals surface area (Å²) in [6.07, 6.45) is 0. The summed E-state index contributed by atoms with van der Waals surface area (Å²) in [4.78, 5) is 13.8. The fourth-order valence-corrected chi connectivity index (χ4v) is 1.74. The van der Waals surface area contributed by atoms with Crippen molar-refractivity contribution in [2.24, 2.45) is 0 Å². The van der Waals surface area contributed by atoms with Gasteiger partial charge in [0.1, 0.15) is 0 Å². The molecule has 1 N–H and O–H groups in total. The van der Waals surface area contributed by atoms with E-state index in [1.165, 1.54) is 5.56 Å². The third kappa shape index (κ3) is 4.09. The second kappa shape index (κ2) is 6.20. The highest BCUT2D eigenvalue weighted by Gasteiger charge is 2.06. The summed E-state index contributed by atoms with van der Waals surface area (Å²) in [6, 6.07) is 5.76. The smallest absolute Gasteiger partial charge is 0.251 e. The van der Waals surface area contributed by atoms with Crippen LogP contribution in [0.15, 0.2) is 18.2 Å². The second-order valence-corrected chi connectivity index (χ2v) is 5.19. The third-order valence-electron chi connectivity index (χ3n) is 2.28. The van der Waals surface area contributed by atoms with Crippen LogP contribution in [-0.2, 0) is 0 Å². The van der Waals surface area contributed by atoms with Gasteiger partial charge in [-0.05, 0) is 61.3 Å². The lowest BCUT2D eigenvalue weighted by Crippen LogP contribution is -2.31. The molecule has 0 aliphatic rings. The van der Waals surface area contributed by atoms with E-state index in [1.54, 1.807) is 0 Å². The normalized spacial score (nSPS) is 10.6. The van der Waals surface area contributed by atoms with E-state index in [2.05, 4.69) is 27.9 Å². The average molecular weight is 332 g/mol. The Balaban J connectivity index is 2.56. The van der Waals surface area contributed by atoms with Crippen LogP contribution >= 0.6 is 22.6 Å². The molecule has 88 valence electrons. The minimum absolute atomic E-state index is 0.000217. The molecule has 0 saturated heterocycles. The third-order valence-corrected chi connectivity index (χ3v) is 3.44. The highest BCUT2D eigenvalue weighted by atomic mass is 127. The highest BCUT2D eigenvalue weighted by Crippen LogP contribution is 2.13. The van der Waals surface area contributed by atoms with Gasteiger partial charge in [0.25, 0.3) is 5.91 Å². The molecule has 0 atom stereocenters. The maximum atomic E-state index is 11.8. The molecule has 1 amide bonds. The van der Waals surface area contributed by atoms with Gasteiger partial charge in [-0.3, -0.25) is 4.79 Å². The van der Waals surface area contributed by atoms with Crippen molar-refractivity contribution in [3.63, 3.8) is 0 Å². The molecular formula is C12H17IN2O. The zero-order valence-electron chi connectivity index (χ0n) is 9.88. The number of carbonyl (C=O) groups excluding carboxylic acids is 1. The maximum absolute atomic E-state index is 11.8. The van der Waals surface area contributed by atoms with E-state index in [0.717, 1.165) is 15.7 Å². The molecule has 16 heavy (non-hydrogen) atoms. The van der Waals surface area contributed by atoms with Crippen LogP contribution in [0.1, 0.15) is 15.9 Å². The first-order chi connectivity index (χ1) is 7.50. The molecule has 3 nitrogen and oxygen atoms in total. The molecule has 0 unspecified atom stereocenters. The number of aryl methyl sites for hydroxylation is 1. The van der Waals surface area contributed by atoms with Crippen LogP contribution in [0.25, 0.3) is 0 Å². The number of nitrogens with zero attached hydrogens (tertiary/aromatic N) is 1. The van der Waals surface area contributed by atoms with Gasteiger partial charge in [0.2, 0.25) is 0 Å². The second-order valence-electron chi connectivity index (χ2n) is 4.02. The molecule has 0 radical (unpaired) electrons. The Morgan fingerprint density at radius 2 is 2.12 bits per heavy atom. The van der Waals surface area contributed by atoms with Gasteiger partial charge in [-0.25, -0.2) is 0 Å². The Morgan fingerprint density at radius 3 is 2.69 bits per heavy atom. The summed E-state index contributed by atoms with van der Waals surface area (Å²) in [5.74, 6) is -0.000217. The van der Waals surface area contributed by atoms with Crippen LogP contribution in [0.5, 0.6) is 0 Å². The first-order valence-corrected chi connectivity index (χ1v) is 6.27. The largest absolute Gasteiger partial charge is 0.351 e. The standard InChI is InChI=1S/C12H17IN2O/c1-9-4-5-10(8-11(9)13)12(16)14-6-7-15(2)3/h4-5,8H,6-7H2,1-3H3,(H,14,16). The van der Waals surface area contributed by atoms with E-state index in [0.29, 0.717) is 6.54 Å². The molecule has 0 aromatic heterocycles. The number of rotatable bonds is 4. The maximum Gasteiger partial charge on any atom is 0.251 e. The molecule has 1 aromatic rings. The first kappa shape index (κ1) is 13.4. The Bertz CT molecular complexity index is 377. The van der Waals surface area contributed by atoms with Crippen molar-refractivity contribution in [1.29, 1.82) is 0 Å². The average Bonchev–Trinajstić information content (AvgIpc) is 2.21. The number of nitrogens with one attached hydrogen (secondary N) is 1. The van der Waals surface area contributed by atoms with Gasteiger partial charge in [0.15, 0.2) is 0 Å². The Hall–Kier alpha value is -0.620. The van der Waals surface area contributed by atoms with E-state index >= 15 is 0 Å². The number of halogens is 1. The van der Waals surface area contributed by atoms with Crippen molar-refractivity contribution < 1.29 is 4.79 Å². The molecule has 4 heteroatoms. The van der Waals surface area contributed by atoms with Gasteiger partial charge >= 0.3 is 0 Å². The van der Waals surface area contributed by atoms with Crippen LogP contribution in [0.4, 0.5) is 0 Å². The zero-order valence-corrected chi connectivity index (χ0v) is 12.0. The number of likely N-dealkylation sites (N-methyl/N-ethyl adjacent to an activating group) is 1. The van der Waals surface area contributed by atoms with E-state index in [1.807, 2.05) is 44.1 Å².